The molecule has 1 aliphatic carbocycles. The second kappa shape index (κ2) is 11.2. The molecule has 0 atom stereocenters. The zero-order chi connectivity index (χ0) is 24.0. The molecule has 176 valence electrons. The van der Waals surface area contributed by atoms with Gasteiger partial charge in [0.25, 0.3) is 0 Å². The maximum absolute atomic E-state index is 2.46. The van der Waals surface area contributed by atoms with Crippen molar-refractivity contribution in [2.75, 3.05) is 0 Å². The number of unbranched alkanes of at least 4 members (excludes halogenated alkanes) is 2. The zero-order valence-electron chi connectivity index (χ0n) is 21.5. The average Bonchev–Trinajstić information content (AvgIpc) is 3.22. The molecule has 1 heteroatoms. The van der Waals surface area contributed by atoms with Gasteiger partial charge in [-0.05, 0) is 72.6 Å². The first-order valence-corrected chi connectivity index (χ1v) is 15.2. The fourth-order valence-corrected chi connectivity index (χ4v) is 10.8. The Morgan fingerprint density at radius 1 is 0.618 bits per heavy atom. The molecule has 0 bridgehead atoms. The minimum atomic E-state index is -2.38. The van der Waals surface area contributed by atoms with E-state index in [0.29, 0.717) is 0 Å². The summed E-state index contributed by atoms with van der Waals surface area (Å²) in [6, 6.07) is 30.8. The monoisotopic (exact) mass is 464 g/mol. The molecule has 0 aliphatic heterocycles. The first-order chi connectivity index (χ1) is 16.6. The molecule has 34 heavy (non-hydrogen) atoms. The zero-order valence-corrected chi connectivity index (χ0v) is 22.5. The summed E-state index contributed by atoms with van der Waals surface area (Å²) in [5.74, 6) is 0. The molecule has 0 aromatic heterocycles. The van der Waals surface area contributed by atoms with Crippen molar-refractivity contribution in [1.29, 1.82) is 0 Å². The third-order valence-electron chi connectivity index (χ3n) is 7.73. The minimum Gasteiger partial charge on any atom is -0.0776 e. The van der Waals surface area contributed by atoms with Crippen LogP contribution in [0.2, 0.25) is 0 Å². The molecule has 0 radical (unpaired) electrons. The van der Waals surface area contributed by atoms with Crippen LogP contribution in [0.25, 0.3) is 0 Å². The summed E-state index contributed by atoms with van der Waals surface area (Å²) in [6.07, 6.45) is 10.9. The van der Waals surface area contributed by atoms with Crippen molar-refractivity contribution < 1.29 is 0 Å². The van der Waals surface area contributed by atoms with Crippen molar-refractivity contribution in [3.05, 3.63) is 112 Å². The lowest BCUT2D eigenvalue weighted by molar-refractivity contribution is 0.795. The fraction of sp³-hybridized carbons (Fsp3) is 0.333. The van der Waals surface area contributed by atoms with Crippen LogP contribution in [-0.4, -0.2) is 8.07 Å². The Balaban J connectivity index is 1.94. The van der Waals surface area contributed by atoms with Crippen molar-refractivity contribution in [2.45, 2.75) is 72.6 Å². The molecular formula is C33H40Si. The van der Waals surface area contributed by atoms with E-state index in [4.69, 9.17) is 0 Å². The van der Waals surface area contributed by atoms with Crippen molar-refractivity contribution in [3.8, 4) is 0 Å². The van der Waals surface area contributed by atoms with Gasteiger partial charge >= 0.3 is 0 Å². The van der Waals surface area contributed by atoms with Gasteiger partial charge < -0.3 is 0 Å². The molecule has 3 aromatic carbocycles. The van der Waals surface area contributed by atoms with E-state index in [-0.39, 0.29) is 0 Å². The van der Waals surface area contributed by atoms with Crippen LogP contribution in [0.4, 0.5) is 0 Å². The second-order valence-corrected chi connectivity index (χ2v) is 13.7. The highest BCUT2D eigenvalue weighted by atomic mass is 28.3. The van der Waals surface area contributed by atoms with Crippen molar-refractivity contribution >= 4 is 23.6 Å². The molecule has 0 amide bonds. The summed E-state index contributed by atoms with van der Waals surface area (Å²) in [6.45, 7) is 9.19. The van der Waals surface area contributed by atoms with Crippen LogP contribution >= 0.6 is 0 Å². The van der Waals surface area contributed by atoms with E-state index in [1.54, 1.807) is 5.20 Å². The first-order valence-electron chi connectivity index (χ1n) is 13.2. The smallest absolute Gasteiger partial charge is 0.0776 e. The fourth-order valence-electron chi connectivity index (χ4n) is 5.55. The van der Waals surface area contributed by atoms with Gasteiger partial charge in [-0.2, -0.15) is 0 Å². The highest BCUT2D eigenvalue weighted by Gasteiger charge is 2.44. The Morgan fingerprint density at radius 3 is 1.50 bits per heavy atom. The summed E-state index contributed by atoms with van der Waals surface area (Å²) < 4.78 is 0. The van der Waals surface area contributed by atoms with Crippen LogP contribution in [0.1, 0.15) is 70.9 Å². The Kier molecular flexibility index (Phi) is 8.06. The molecule has 0 saturated heterocycles. The van der Waals surface area contributed by atoms with E-state index in [1.165, 1.54) is 76.4 Å². The molecule has 1 aliphatic rings. The molecule has 0 fully saturated rings. The van der Waals surface area contributed by atoms with Crippen LogP contribution in [0.3, 0.4) is 0 Å². The Hall–Kier alpha value is -2.64. The molecule has 0 nitrogen and oxygen atoms in total. The number of allylic oxidation sites excluding steroid dienone is 4. The first kappa shape index (κ1) is 24.5. The Bertz CT molecular complexity index is 1080. The SMILES string of the molecule is CCCCc1ccc([Si](C2=C(C)C(C)=CC2)(c2ccccc2)c2ccc(CCCC)cc2)cc1. The van der Waals surface area contributed by atoms with Gasteiger partial charge in [0.1, 0.15) is 0 Å². The number of rotatable bonds is 10. The number of hydrogen-bond acceptors (Lipinski definition) is 0. The van der Waals surface area contributed by atoms with E-state index in [1.807, 2.05) is 0 Å². The average molecular weight is 465 g/mol. The normalized spacial score (nSPS) is 13.9. The van der Waals surface area contributed by atoms with Crippen LogP contribution in [0.5, 0.6) is 0 Å². The predicted molar refractivity (Wildman–Crippen MR) is 152 cm³/mol. The second-order valence-electron chi connectivity index (χ2n) is 9.91. The topological polar surface area (TPSA) is 0 Å². The Labute approximate surface area is 208 Å². The molecular weight excluding hydrogens is 424 g/mol. The molecule has 0 heterocycles. The molecule has 0 spiro atoms. The standard InChI is InChI=1S/C33H40Si/c1-5-7-12-28-17-21-31(22-18-28)34(30-14-10-9-11-15-30,33-25-16-26(3)27(33)4)32-23-19-29(20-24-32)13-8-6-2/h9-11,14-24H,5-8,12-13,25H2,1-4H3. The lowest BCUT2D eigenvalue weighted by Crippen LogP contribution is -2.68. The number of hydrogen-bond donors (Lipinski definition) is 0. The van der Waals surface area contributed by atoms with Crippen molar-refractivity contribution in [2.24, 2.45) is 0 Å². The van der Waals surface area contributed by atoms with Crippen LogP contribution in [0, 0.1) is 0 Å². The molecule has 4 rings (SSSR count). The van der Waals surface area contributed by atoms with Gasteiger partial charge in [0.05, 0.1) is 0 Å². The predicted octanol–water partition coefficient (Wildman–Crippen LogP) is 7.05. The van der Waals surface area contributed by atoms with Gasteiger partial charge in [0.15, 0.2) is 8.07 Å². The van der Waals surface area contributed by atoms with Crippen LogP contribution in [-0.2, 0) is 12.8 Å². The maximum Gasteiger partial charge on any atom is 0.176 e. The molecule has 0 saturated carbocycles. The van der Waals surface area contributed by atoms with Gasteiger partial charge in [-0.3, -0.25) is 0 Å². The summed E-state index contributed by atoms with van der Waals surface area (Å²) in [7, 11) is -2.38. The van der Waals surface area contributed by atoms with Gasteiger partial charge in [0, 0.05) is 0 Å². The molecule has 3 aromatic rings. The highest BCUT2D eigenvalue weighted by molar-refractivity contribution is 7.16. The Morgan fingerprint density at radius 2 is 1.09 bits per heavy atom. The van der Waals surface area contributed by atoms with E-state index >= 15 is 0 Å². The van der Waals surface area contributed by atoms with Crippen LogP contribution < -0.4 is 15.6 Å². The largest absolute Gasteiger partial charge is 0.176 e. The van der Waals surface area contributed by atoms with E-state index in [9.17, 15) is 0 Å². The van der Waals surface area contributed by atoms with Gasteiger partial charge in [0.2, 0.25) is 0 Å². The summed E-state index contributed by atoms with van der Waals surface area (Å²) in [5.41, 5.74) is 5.87. The van der Waals surface area contributed by atoms with E-state index in [0.717, 1.165) is 6.42 Å². The van der Waals surface area contributed by atoms with Crippen molar-refractivity contribution in [3.63, 3.8) is 0 Å². The lowest BCUT2D eigenvalue weighted by Gasteiger charge is -2.36. The molecule has 0 N–H and O–H groups in total. The van der Waals surface area contributed by atoms with E-state index < -0.39 is 8.07 Å². The molecule has 0 unspecified atom stereocenters. The number of aryl methyl sites for hydroxylation is 2. The van der Waals surface area contributed by atoms with Crippen molar-refractivity contribution in [1.82, 2.24) is 0 Å². The maximum atomic E-state index is 2.46. The van der Waals surface area contributed by atoms with E-state index in [2.05, 4.69) is 113 Å². The van der Waals surface area contributed by atoms with Crippen LogP contribution in [0.15, 0.2) is 101 Å². The highest BCUT2D eigenvalue weighted by Crippen LogP contribution is 2.32. The lowest BCUT2D eigenvalue weighted by atomic mass is 10.1. The quantitative estimate of drug-likeness (QED) is 0.223. The summed E-state index contributed by atoms with van der Waals surface area (Å²) >= 11 is 0. The van der Waals surface area contributed by atoms with Gasteiger partial charge in [-0.1, -0.05) is 128 Å². The summed E-state index contributed by atoms with van der Waals surface area (Å²) in [4.78, 5) is 0. The summed E-state index contributed by atoms with van der Waals surface area (Å²) in [5, 5.41) is 6.17. The number of benzene rings is 3. The third kappa shape index (κ3) is 4.77. The van der Waals surface area contributed by atoms with Gasteiger partial charge in [-0.15, -0.1) is 0 Å². The third-order valence-corrected chi connectivity index (χ3v) is 12.8. The minimum absolute atomic E-state index is 1.06. The van der Waals surface area contributed by atoms with Gasteiger partial charge in [-0.25, -0.2) is 0 Å².